The van der Waals surface area contributed by atoms with Gasteiger partial charge in [-0.2, -0.15) is 28.2 Å². The average molecular weight is 625 g/mol. The molecule has 0 radical (unpaired) electrons. The summed E-state index contributed by atoms with van der Waals surface area (Å²) >= 11 is 6.72. The maximum atomic E-state index is 15.0. The third-order valence-electron chi connectivity index (χ3n) is 7.90. The van der Waals surface area contributed by atoms with Gasteiger partial charge in [0.15, 0.2) is 11.5 Å². The van der Waals surface area contributed by atoms with Crippen LogP contribution in [0.3, 0.4) is 0 Å². The zero-order valence-electron chi connectivity index (χ0n) is 23.3. The van der Waals surface area contributed by atoms with E-state index in [9.17, 15) is 18.0 Å². The number of carbonyl (C=O) groups excluding carboxylic acids is 1. The Kier molecular flexibility index (Phi) is 7.17. The van der Waals surface area contributed by atoms with Crippen LogP contribution in [0.4, 0.5) is 29.1 Å². The summed E-state index contributed by atoms with van der Waals surface area (Å²) in [5.74, 6) is -1.04. The minimum Gasteiger partial charge on any atom is -0.467 e. The van der Waals surface area contributed by atoms with E-state index in [-0.39, 0.29) is 42.2 Å². The smallest absolute Gasteiger partial charge is 0.416 e. The van der Waals surface area contributed by atoms with Crippen molar-refractivity contribution in [3.63, 3.8) is 0 Å². The molecule has 3 aliphatic rings. The van der Waals surface area contributed by atoms with Gasteiger partial charge in [0.2, 0.25) is 0 Å². The van der Waals surface area contributed by atoms with Gasteiger partial charge in [0.1, 0.15) is 5.82 Å². The zero-order valence-corrected chi connectivity index (χ0v) is 24.1. The number of likely N-dealkylation sites (tertiary alicyclic amines) is 1. The Bertz CT molecular complexity index is 1600. The van der Waals surface area contributed by atoms with Crippen LogP contribution in [0.15, 0.2) is 12.1 Å². The lowest BCUT2D eigenvalue weighted by atomic mass is 9.93. The van der Waals surface area contributed by atoms with Crippen LogP contribution in [0, 0.1) is 5.82 Å². The number of anilines is 2. The molecule has 1 unspecified atom stereocenters. The Labute approximate surface area is 248 Å². The largest absolute Gasteiger partial charge is 0.467 e. The molecule has 0 aliphatic carbocycles. The first-order valence-corrected chi connectivity index (χ1v) is 13.9. The molecule has 0 bridgehead atoms. The molecule has 43 heavy (non-hydrogen) atoms. The quantitative estimate of drug-likeness (QED) is 0.330. The number of nitrogens with zero attached hydrogens (tertiary/aromatic N) is 6. The lowest BCUT2D eigenvalue weighted by Crippen LogP contribution is -2.66. The molecule has 2 aromatic heterocycles. The van der Waals surface area contributed by atoms with Crippen molar-refractivity contribution in [2.75, 3.05) is 37.4 Å². The van der Waals surface area contributed by atoms with Crippen molar-refractivity contribution >= 4 is 29.0 Å². The van der Waals surface area contributed by atoms with E-state index in [1.54, 1.807) is 9.58 Å². The predicted octanol–water partition coefficient (Wildman–Crippen LogP) is 3.47. The summed E-state index contributed by atoms with van der Waals surface area (Å²) in [7, 11) is 1.37. The number of aryl methyl sites for hydroxylation is 1. The lowest BCUT2D eigenvalue weighted by Gasteiger charge is -2.45. The second kappa shape index (κ2) is 10.5. The number of ether oxygens (including phenoxy) is 2. The molecule has 230 valence electrons. The van der Waals surface area contributed by atoms with E-state index in [0.717, 1.165) is 12.1 Å². The molecular weight excluding hydrogens is 596 g/mol. The maximum Gasteiger partial charge on any atom is 0.416 e. The number of carbonyl (C=O) groups is 1. The van der Waals surface area contributed by atoms with Crippen molar-refractivity contribution in [1.82, 2.24) is 24.6 Å². The molecular formula is C27H29ClF4N8O3. The first-order valence-electron chi connectivity index (χ1n) is 13.6. The van der Waals surface area contributed by atoms with Gasteiger partial charge >= 0.3 is 12.2 Å². The number of nitrogens with two attached hydrogens (primary N) is 2. The van der Waals surface area contributed by atoms with E-state index < -0.39 is 40.5 Å². The second-order valence-electron chi connectivity index (χ2n) is 11.3. The van der Waals surface area contributed by atoms with Crippen molar-refractivity contribution in [3.8, 4) is 6.01 Å². The number of fused-ring (bicyclic) bond motifs is 2. The monoisotopic (exact) mass is 624 g/mol. The molecule has 3 aromatic rings. The Morgan fingerprint density at radius 1 is 1.23 bits per heavy atom. The molecule has 1 atom stereocenters. The van der Waals surface area contributed by atoms with Crippen LogP contribution in [-0.2, 0) is 37.0 Å². The molecule has 1 fully saturated rings. The van der Waals surface area contributed by atoms with E-state index in [1.165, 1.54) is 7.11 Å². The molecule has 16 heteroatoms. The fraction of sp³-hybridized carbons (Fsp3) is 0.481. The summed E-state index contributed by atoms with van der Waals surface area (Å²) in [6.45, 7) is 3.70. The third-order valence-corrected chi connectivity index (χ3v) is 8.30. The Balaban J connectivity index is 1.33. The summed E-state index contributed by atoms with van der Waals surface area (Å²) in [5, 5.41) is 4.73. The Morgan fingerprint density at radius 2 is 1.98 bits per heavy atom. The number of nitrogen functional groups attached to an aromatic ring is 1. The third kappa shape index (κ3) is 5.23. The molecule has 5 heterocycles. The minimum absolute atomic E-state index is 0.0131. The van der Waals surface area contributed by atoms with Crippen LogP contribution >= 0.6 is 11.6 Å². The standard InChI is InChI=1S/C27H29ClF4N8O3/c1-26(34)11-39(12-26)24(41)22-20(28)17-9-38(6-3-7-40(17)37-22)23-13-10-43-18(8-16(13)35-25(36-23)42-2)19-14(27(30,31)32)4-5-15(33)21(19)29/h4-5,18H,3,6-12,33-34H2,1-2H3. The summed E-state index contributed by atoms with van der Waals surface area (Å²) in [4.78, 5) is 25.5. The summed E-state index contributed by atoms with van der Waals surface area (Å²) in [6.07, 6.45) is -5.68. The Hall–Kier alpha value is -3.69. The highest BCUT2D eigenvalue weighted by atomic mass is 35.5. The average Bonchev–Trinajstić information content (AvgIpc) is 3.10. The second-order valence-corrected chi connectivity index (χ2v) is 11.7. The van der Waals surface area contributed by atoms with Gasteiger partial charge in [0.05, 0.1) is 54.0 Å². The van der Waals surface area contributed by atoms with Crippen LogP contribution in [0.25, 0.3) is 0 Å². The number of hydrogen-bond acceptors (Lipinski definition) is 9. The molecule has 6 rings (SSSR count). The minimum atomic E-state index is -4.82. The van der Waals surface area contributed by atoms with Crippen molar-refractivity contribution < 1.29 is 31.8 Å². The zero-order chi connectivity index (χ0) is 30.8. The molecule has 0 spiro atoms. The van der Waals surface area contributed by atoms with Crippen LogP contribution in [0.5, 0.6) is 6.01 Å². The number of aromatic nitrogens is 4. The number of alkyl halides is 3. The van der Waals surface area contributed by atoms with Crippen LogP contribution < -0.4 is 21.1 Å². The van der Waals surface area contributed by atoms with E-state index in [2.05, 4.69) is 15.1 Å². The van der Waals surface area contributed by atoms with Crippen molar-refractivity contribution in [1.29, 1.82) is 0 Å². The van der Waals surface area contributed by atoms with E-state index >= 15 is 4.39 Å². The SMILES string of the molecule is COc1nc2c(c(N3CCCn4nc(C(=O)N5CC(C)(N)C5)c(Cl)c4C3)n1)COC(c1c(C(F)(F)F)ccc(N)c1F)C2. The van der Waals surface area contributed by atoms with Crippen LogP contribution in [0.2, 0.25) is 5.02 Å². The molecule has 0 saturated carbocycles. The number of hydrogen-bond donors (Lipinski definition) is 2. The summed E-state index contributed by atoms with van der Waals surface area (Å²) < 4.78 is 69.4. The molecule has 1 amide bonds. The van der Waals surface area contributed by atoms with Gasteiger partial charge in [0.25, 0.3) is 5.91 Å². The van der Waals surface area contributed by atoms with Gasteiger partial charge in [-0.05, 0) is 25.5 Å². The molecule has 1 aromatic carbocycles. The normalized spacial score (nSPS) is 19.8. The van der Waals surface area contributed by atoms with E-state index in [0.29, 0.717) is 55.4 Å². The summed E-state index contributed by atoms with van der Waals surface area (Å²) in [5.41, 5.74) is 10.6. The fourth-order valence-corrected chi connectivity index (χ4v) is 6.13. The van der Waals surface area contributed by atoms with Gasteiger partial charge in [-0.25, -0.2) is 4.39 Å². The van der Waals surface area contributed by atoms with Gasteiger partial charge < -0.3 is 30.7 Å². The van der Waals surface area contributed by atoms with E-state index in [4.69, 9.17) is 32.5 Å². The molecule has 4 N–H and O–H groups in total. The van der Waals surface area contributed by atoms with E-state index in [1.807, 2.05) is 11.8 Å². The molecule has 1 saturated heterocycles. The highest BCUT2D eigenvalue weighted by Gasteiger charge is 2.42. The van der Waals surface area contributed by atoms with Crippen molar-refractivity contribution in [2.24, 2.45) is 5.73 Å². The van der Waals surface area contributed by atoms with Crippen molar-refractivity contribution in [2.45, 2.75) is 57.3 Å². The predicted molar refractivity (Wildman–Crippen MR) is 147 cm³/mol. The molecule has 3 aliphatic heterocycles. The molecule has 11 nitrogen and oxygen atoms in total. The van der Waals surface area contributed by atoms with Crippen molar-refractivity contribution in [3.05, 3.63) is 56.7 Å². The topological polar surface area (TPSA) is 138 Å². The Morgan fingerprint density at radius 3 is 2.65 bits per heavy atom. The maximum absolute atomic E-state index is 15.0. The first-order chi connectivity index (χ1) is 20.3. The van der Waals surface area contributed by atoms with Gasteiger partial charge in [-0.15, -0.1) is 0 Å². The fourth-order valence-electron chi connectivity index (χ4n) is 5.86. The van der Waals surface area contributed by atoms with Crippen LogP contribution in [-0.4, -0.2) is 62.8 Å². The van der Waals surface area contributed by atoms with Gasteiger partial charge in [0, 0.05) is 49.3 Å². The number of benzene rings is 1. The first kappa shape index (κ1) is 29.4. The lowest BCUT2D eigenvalue weighted by molar-refractivity contribution is -0.140. The number of amides is 1. The number of methoxy groups -OCH3 is 1. The highest BCUT2D eigenvalue weighted by molar-refractivity contribution is 6.34. The highest BCUT2D eigenvalue weighted by Crippen LogP contribution is 2.43. The summed E-state index contributed by atoms with van der Waals surface area (Å²) in [6, 6.07) is 1.62. The van der Waals surface area contributed by atoms with Gasteiger partial charge in [-0.1, -0.05) is 11.6 Å². The van der Waals surface area contributed by atoms with Crippen LogP contribution in [0.1, 0.15) is 58.0 Å². The van der Waals surface area contributed by atoms with Gasteiger partial charge in [-0.3, -0.25) is 9.48 Å². The number of halogens is 5. The number of rotatable bonds is 4.